The molecule has 4 atom stereocenters. The van der Waals surface area contributed by atoms with Crippen molar-refractivity contribution in [2.24, 2.45) is 0 Å². The topological polar surface area (TPSA) is 36.9 Å². The molecular formula is C12H26O4. The van der Waals surface area contributed by atoms with Crippen LogP contribution in [0.3, 0.4) is 0 Å². The Hall–Kier alpha value is -0.160. The molecular weight excluding hydrogens is 208 g/mol. The number of rotatable bonds is 3. The maximum absolute atomic E-state index is 5.76. The second-order valence-corrected chi connectivity index (χ2v) is 4.25. The van der Waals surface area contributed by atoms with Crippen LogP contribution in [-0.2, 0) is 18.9 Å². The van der Waals surface area contributed by atoms with Crippen LogP contribution in [0.1, 0.15) is 28.2 Å². The van der Waals surface area contributed by atoms with Gasteiger partial charge >= 0.3 is 0 Å². The molecule has 1 fully saturated rings. The van der Waals surface area contributed by atoms with Crippen LogP contribution in [0.2, 0.25) is 0 Å². The lowest BCUT2D eigenvalue weighted by molar-refractivity contribution is -0.276. The molecule has 4 heteroatoms. The van der Waals surface area contributed by atoms with Crippen LogP contribution in [0.4, 0.5) is 0 Å². The average Bonchev–Trinajstić information content (AvgIpc) is 2.18. The summed E-state index contributed by atoms with van der Waals surface area (Å²) in [5, 5.41) is 0. The normalized spacial score (nSPS) is 43.9. The van der Waals surface area contributed by atoms with E-state index in [9.17, 15) is 0 Å². The summed E-state index contributed by atoms with van der Waals surface area (Å²) in [6.07, 6.45) is -0.241. The Morgan fingerprint density at radius 3 is 1.56 bits per heavy atom. The molecule has 1 saturated heterocycles. The summed E-state index contributed by atoms with van der Waals surface area (Å²) in [4.78, 5) is 0. The maximum atomic E-state index is 5.76. The van der Waals surface area contributed by atoms with Gasteiger partial charge in [0.1, 0.15) is 17.8 Å². The molecule has 0 radical (unpaired) electrons. The molecule has 0 aromatic carbocycles. The van der Waals surface area contributed by atoms with Crippen LogP contribution in [0.25, 0.3) is 0 Å². The molecule has 0 aliphatic carbocycles. The molecule has 0 amide bonds. The van der Waals surface area contributed by atoms with Crippen molar-refractivity contribution < 1.29 is 18.9 Å². The number of methoxy groups -OCH3 is 3. The quantitative estimate of drug-likeness (QED) is 0.747. The van der Waals surface area contributed by atoms with Crippen LogP contribution in [0, 0.1) is 0 Å². The Bertz CT molecular complexity index is 191. The van der Waals surface area contributed by atoms with E-state index in [2.05, 4.69) is 0 Å². The van der Waals surface area contributed by atoms with Gasteiger partial charge in [0.05, 0.1) is 12.2 Å². The van der Waals surface area contributed by atoms with Gasteiger partial charge in [0.2, 0.25) is 0 Å². The molecule has 0 N–H and O–H groups in total. The van der Waals surface area contributed by atoms with E-state index in [1.165, 1.54) is 0 Å². The highest BCUT2D eigenvalue weighted by atomic mass is 16.6. The molecule has 1 aliphatic rings. The molecule has 0 saturated carbocycles. The smallest absolute Gasteiger partial charge is 0.122 e. The monoisotopic (exact) mass is 234 g/mol. The first kappa shape index (κ1) is 15.8. The summed E-state index contributed by atoms with van der Waals surface area (Å²) < 4.78 is 22.3. The molecule has 98 valence electrons. The fourth-order valence-corrected chi connectivity index (χ4v) is 2.66. The van der Waals surface area contributed by atoms with Crippen LogP contribution in [-0.4, -0.2) is 51.3 Å². The van der Waals surface area contributed by atoms with Crippen LogP contribution in [0.5, 0.6) is 0 Å². The predicted molar refractivity (Wildman–Crippen MR) is 63.7 cm³/mol. The van der Waals surface area contributed by atoms with Crippen molar-refractivity contribution >= 4 is 0 Å². The standard InChI is InChI=1S/C11H22O4.CH4/c1-7-9(12-4)11(3,14-6)10(13-5)8(2)15-7;/h7-10H,1-6H3;1H4. The summed E-state index contributed by atoms with van der Waals surface area (Å²) in [5.74, 6) is 0. The third-order valence-corrected chi connectivity index (χ3v) is 3.36. The van der Waals surface area contributed by atoms with E-state index in [-0.39, 0.29) is 31.8 Å². The maximum Gasteiger partial charge on any atom is 0.122 e. The van der Waals surface area contributed by atoms with Gasteiger partial charge in [0.25, 0.3) is 0 Å². The Kier molecular flexibility index (Phi) is 5.90. The zero-order valence-electron chi connectivity index (χ0n) is 10.4. The Morgan fingerprint density at radius 2 is 1.31 bits per heavy atom. The molecule has 16 heavy (non-hydrogen) atoms. The van der Waals surface area contributed by atoms with Gasteiger partial charge in [-0.25, -0.2) is 0 Å². The van der Waals surface area contributed by atoms with Gasteiger partial charge in [-0.1, -0.05) is 7.43 Å². The molecule has 0 aromatic heterocycles. The second kappa shape index (κ2) is 5.96. The highest BCUT2D eigenvalue weighted by Gasteiger charge is 2.52. The van der Waals surface area contributed by atoms with Crippen LogP contribution in [0.15, 0.2) is 0 Å². The predicted octanol–water partition coefficient (Wildman–Crippen LogP) is 1.86. The van der Waals surface area contributed by atoms with Crippen LogP contribution < -0.4 is 0 Å². The Balaban J connectivity index is 0.00000225. The lowest BCUT2D eigenvalue weighted by Crippen LogP contribution is -2.65. The minimum absolute atomic E-state index is 0. The van der Waals surface area contributed by atoms with E-state index in [4.69, 9.17) is 18.9 Å². The molecule has 1 rings (SSSR count). The van der Waals surface area contributed by atoms with E-state index in [0.29, 0.717) is 0 Å². The lowest BCUT2D eigenvalue weighted by atomic mass is 9.83. The summed E-state index contributed by atoms with van der Waals surface area (Å²) >= 11 is 0. The van der Waals surface area contributed by atoms with Gasteiger partial charge < -0.3 is 18.9 Å². The SMILES string of the molecule is C.COC1C(C)OC(C)C(OC)C1(C)OC. The summed E-state index contributed by atoms with van der Waals surface area (Å²) in [5.41, 5.74) is -0.472. The number of ether oxygens (including phenoxy) is 4. The highest BCUT2D eigenvalue weighted by molar-refractivity contribution is 5.01. The van der Waals surface area contributed by atoms with Crippen molar-refractivity contribution in [3.05, 3.63) is 0 Å². The number of hydrogen-bond donors (Lipinski definition) is 0. The zero-order valence-corrected chi connectivity index (χ0v) is 10.4. The lowest BCUT2D eigenvalue weighted by Gasteiger charge is -2.50. The van der Waals surface area contributed by atoms with Crippen molar-refractivity contribution in [3.63, 3.8) is 0 Å². The molecule has 0 aromatic rings. The summed E-state index contributed by atoms with van der Waals surface area (Å²) in [6, 6.07) is 0. The van der Waals surface area contributed by atoms with E-state index < -0.39 is 5.60 Å². The highest BCUT2D eigenvalue weighted by Crippen LogP contribution is 2.35. The van der Waals surface area contributed by atoms with Crippen LogP contribution >= 0.6 is 0 Å². The largest absolute Gasteiger partial charge is 0.376 e. The Morgan fingerprint density at radius 1 is 0.938 bits per heavy atom. The van der Waals surface area contributed by atoms with Crippen molar-refractivity contribution in [1.82, 2.24) is 0 Å². The summed E-state index contributed by atoms with van der Waals surface area (Å²) in [6.45, 7) is 5.99. The fourth-order valence-electron chi connectivity index (χ4n) is 2.66. The van der Waals surface area contributed by atoms with Gasteiger partial charge in [-0.3, -0.25) is 0 Å². The third kappa shape index (κ3) is 2.40. The fraction of sp³-hybridized carbons (Fsp3) is 1.00. The van der Waals surface area contributed by atoms with E-state index in [1.807, 2.05) is 20.8 Å². The van der Waals surface area contributed by atoms with Crippen molar-refractivity contribution in [3.8, 4) is 0 Å². The third-order valence-electron chi connectivity index (χ3n) is 3.36. The van der Waals surface area contributed by atoms with Gasteiger partial charge in [-0.2, -0.15) is 0 Å². The first-order valence-corrected chi connectivity index (χ1v) is 5.27. The van der Waals surface area contributed by atoms with E-state index in [1.54, 1.807) is 21.3 Å². The number of hydrogen-bond acceptors (Lipinski definition) is 4. The molecule has 0 spiro atoms. The second-order valence-electron chi connectivity index (χ2n) is 4.25. The van der Waals surface area contributed by atoms with Crippen molar-refractivity contribution in [1.29, 1.82) is 0 Å². The van der Waals surface area contributed by atoms with E-state index >= 15 is 0 Å². The average molecular weight is 234 g/mol. The molecule has 1 heterocycles. The molecule has 4 nitrogen and oxygen atoms in total. The van der Waals surface area contributed by atoms with Crippen molar-refractivity contribution in [2.45, 2.75) is 58.2 Å². The zero-order chi connectivity index (χ0) is 11.6. The Labute approximate surface area is 99.2 Å². The minimum Gasteiger partial charge on any atom is -0.376 e. The molecule has 0 bridgehead atoms. The van der Waals surface area contributed by atoms with E-state index in [0.717, 1.165) is 0 Å². The minimum atomic E-state index is -0.472. The summed E-state index contributed by atoms with van der Waals surface area (Å²) in [7, 11) is 5.03. The van der Waals surface area contributed by atoms with Gasteiger partial charge in [0, 0.05) is 21.3 Å². The molecule has 4 unspecified atom stereocenters. The van der Waals surface area contributed by atoms with Gasteiger partial charge in [0.15, 0.2) is 0 Å². The first-order valence-electron chi connectivity index (χ1n) is 5.27. The van der Waals surface area contributed by atoms with Gasteiger partial charge in [-0.15, -0.1) is 0 Å². The van der Waals surface area contributed by atoms with Crippen molar-refractivity contribution in [2.75, 3.05) is 21.3 Å². The first-order chi connectivity index (χ1) is 7.01. The van der Waals surface area contributed by atoms with Gasteiger partial charge in [-0.05, 0) is 20.8 Å². The molecule has 1 aliphatic heterocycles.